The molecule has 2 N–H and O–H groups in total. The van der Waals surface area contributed by atoms with Gasteiger partial charge in [0.25, 0.3) is 5.56 Å². The van der Waals surface area contributed by atoms with Gasteiger partial charge in [0.2, 0.25) is 0 Å². The van der Waals surface area contributed by atoms with Crippen molar-refractivity contribution in [1.29, 1.82) is 0 Å². The molecule has 1 atom stereocenters. The number of thioether (sulfide) groups is 2. The molecule has 3 rings (SSSR count). The first kappa shape index (κ1) is 14.0. The Labute approximate surface area is 126 Å². The number of aromatic nitrogens is 2. The predicted molar refractivity (Wildman–Crippen MR) is 87.6 cm³/mol. The summed E-state index contributed by atoms with van der Waals surface area (Å²) in [5, 5.41) is 4.71. The number of hydrogen-bond acceptors (Lipinski definition) is 5. The van der Waals surface area contributed by atoms with E-state index in [1.54, 1.807) is 6.07 Å². The van der Waals surface area contributed by atoms with E-state index in [4.69, 9.17) is 0 Å². The van der Waals surface area contributed by atoms with Gasteiger partial charge in [-0.05, 0) is 12.1 Å². The van der Waals surface area contributed by atoms with Crippen LogP contribution in [0.2, 0.25) is 0 Å². The molecule has 0 aliphatic carbocycles. The van der Waals surface area contributed by atoms with Gasteiger partial charge in [0.1, 0.15) is 5.82 Å². The number of aromatic amines is 1. The highest BCUT2D eigenvalue weighted by molar-refractivity contribution is 8.06. The van der Waals surface area contributed by atoms with Gasteiger partial charge < -0.3 is 10.3 Å². The first-order valence-corrected chi connectivity index (χ1v) is 8.91. The second-order valence-electron chi connectivity index (χ2n) is 4.73. The molecule has 106 valence electrons. The van der Waals surface area contributed by atoms with E-state index < -0.39 is 0 Å². The normalized spacial score (nSPS) is 19.3. The van der Waals surface area contributed by atoms with E-state index in [-0.39, 0.29) is 5.56 Å². The largest absolute Gasteiger partial charge is 0.309 e. The lowest BCUT2D eigenvalue weighted by Crippen LogP contribution is -2.29. The lowest BCUT2D eigenvalue weighted by atomic mass is 10.2. The van der Waals surface area contributed by atoms with Crippen molar-refractivity contribution in [3.8, 4) is 0 Å². The number of benzene rings is 1. The van der Waals surface area contributed by atoms with E-state index in [1.165, 1.54) is 17.3 Å². The lowest BCUT2D eigenvalue weighted by Gasteiger charge is -2.21. The summed E-state index contributed by atoms with van der Waals surface area (Å²) >= 11 is 4.05. The van der Waals surface area contributed by atoms with E-state index in [1.807, 2.05) is 41.7 Å². The summed E-state index contributed by atoms with van der Waals surface area (Å²) in [5.41, 5.74) is 0.700. The van der Waals surface area contributed by atoms with Gasteiger partial charge in [-0.1, -0.05) is 12.1 Å². The molecule has 2 heterocycles. The monoisotopic (exact) mass is 307 g/mol. The first-order chi connectivity index (χ1) is 9.83. The number of nitrogens with one attached hydrogen (secondary N) is 2. The van der Waals surface area contributed by atoms with E-state index >= 15 is 0 Å². The molecular formula is C14H17N3OS2. The zero-order valence-corrected chi connectivity index (χ0v) is 12.7. The van der Waals surface area contributed by atoms with Crippen LogP contribution < -0.4 is 10.9 Å². The molecule has 0 bridgehead atoms. The van der Waals surface area contributed by atoms with Gasteiger partial charge >= 0.3 is 0 Å². The number of nitrogens with zero attached hydrogens (tertiary/aromatic N) is 1. The van der Waals surface area contributed by atoms with Crippen LogP contribution in [0, 0.1) is 0 Å². The molecule has 4 nitrogen and oxygen atoms in total. The Morgan fingerprint density at radius 2 is 2.25 bits per heavy atom. The second kappa shape index (κ2) is 6.65. The summed E-state index contributed by atoms with van der Waals surface area (Å²) in [4.78, 5) is 19.3. The molecule has 0 radical (unpaired) electrons. The molecule has 0 saturated carbocycles. The van der Waals surface area contributed by atoms with Crippen LogP contribution in [0.15, 0.2) is 29.1 Å². The highest BCUT2D eigenvalue weighted by atomic mass is 32.2. The summed E-state index contributed by atoms with van der Waals surface area (Å²) in [7, 11) is 0. The average Bonchev–Trinajstić information content (AvgIpc) is 2.48. The third-order valence-corrected chi connectivity index (χ3v) is 6.06. The van der Waals surface area contributed by atoms with E-state index in [9.17, 15) is 4.79 Å². The molecule has 1 fully saturated rings. The molecule has 1 unspecified atom stereocenters. The third-order valence-electron chi connectivity index (χ3n) is 3.21. The fourth-order valence-corrected chi connectivity index (χ4v) is 4.87. The molecule has 1 aromatic carbocycles. The molecule has 1 aliphatic rings. The Kier molecular flexibility index (Phi) is 4.65. The van der Waals surface area contributed by atoms with Gasteiger partial charge in [0, 0.05) is 29.1 Å². The summed E-state index contributed by atoms with van der Waals surface area (Å²) in [6.07, 6.45) is 0. The first-order valence-electron chi connectivity index (χ1n) is 6.71. The van der Waals surface area contributed by atoms with Crippen molar-refractivity contribution < 1.29 is 0 Å². The Hall–Kier alpha value is -0.980. The van der Waals surface area contributed by atoms with Crippen molar-refractivity contribution in [3.63, 3.8) is 0 Å². The van der Waals surface area contributed by atoms with E-state index in [0.29, 0.717) is 23.0 Å². The van der Waals surface area contributed by atoms with Gasteiger partial charge in [-0.25, -0.2) is 4.98 Å². The zero-order chi connectivity index (χ0) is 13.8. The molecule has 2 aromatic rings. The number of fused-ring (bicyclic) bond motifs is 1. The van der Waals surface area contributed by atoms with Gasteiger partial charge in [-0.2, -0.15) is 23.5 Å². The number of rotatable bonds is 4. The minimum atomic E-state index is -0.0602. The van der Waals surface area contributed by atoms with Crippen LogP contribution in [-0.4, -0.2) is 39.0 Å². The summed E-state index contributed by atoms with van der Waals surface area (Å²) in [6, 6.07) is 7.44. The SMILES string of the molecule is O=c1[nH]c(CNCC2CSCCS2)nc2ccccc12. The van der Waals surface area contributed by atoms with Crippen molar-refractivity contribution in [2.24, 2.45) is 0 Å². The van der Waals surface area contributed by atoms with E-state index in [0.717, 1.165) is 12.1 Å². The highest BCUT2D eigenvalue weighted by Gasteiger charge is 2.13. The Balaban J connectivity index is 1.64. The Bertz CT molecular complexity index is 638. The second-order valence-corrected chi connectivity index (χ2v) is 7.29. The molecule has 6 heteroatoms. The van der Waals surface area contributed by atoms with Crippen LogP contribution in [-0.2, 0) is 6.54 Å². The van der Waals surface area contributed by atoms with Crippen LogP contribution in [0.4, 0.5) is 0 Å². The van der Waals surface area contributed by atoms with Crippen molar-refractivity contribution in [1.82, 2.24) is 15.3 Å². The number of para-hydroxylation sites is 1. The van der Waals surface area contributed by atoms with Crippen molar-refractivity contribution in [3.05, 3.63) is 40.4 Å². The molecule has 0 spiro atoms. The minimum absolute atomic E-state index is 0.0602. The van der Waals surface area contributed by atoms with E-state index in [2.05, 4.69) is 15.3 Å². The van der Waals surface area contributed by atoms with Crippen molar-refractivity contribution >= 4 is 34.4 Å². The van der Waals surface area contributed by atoms with Crippen LogP contribution in [0.25, 0.3) is 10.9 Å². The zero-order valence-electron chi connectivity index (χ0n) is 11.1. The van der Waals surface area contributed by atoms with Crippen molar-refractivity contribution in [2.75, 3.05) is 23.8 Å². The fourth-order valence-electron chi connectivity index (χ4n) is 2.22. The number of H-pyrrole nitrogens is 1. The minimum Gasteiger partial charge on any atom is -0.309 e. The maximum absolute atomic E-state index is 11.9. The lowest BCUT2D eigenvalue weighted by molar-refractivity contribution is 0.659. The predicted octanol–water partition coefficient (Wildman–Crippen LogP) is 1.86. The fraction of sp³-hybridized carbons (Fsp3) is 0.429. The van der Waals surface area contributed by atoms with Crippen LogP contribution >= 0.6 is 23.5 Å². The smallest absolute Gasteiger partial charge is 0.258 e. The molecule has 1 aliphatic heterocycles. The average molecular weight is 307 g/mol. The summed E-state index contributed by atoms with van der Waals surface area (Å²) < 4.78 is 0. The standard InChI is InChI=1S/C14H17N3OS2/c18-14-11-3-1-2-4-12(11)16-13(17-14)8-15-7-10-9-19-5-6-20-10/h1-4,10,15H,5-9H2,(H,16,17,18). The number of hydrogen-bond donors (Lipinski definition) is 2. The molecule has 20 heavy (non-hydrogen) atoms. The topological polar surface area (TPSA) is 57.8 Å². The highest BCUT2D eigenvalue weighted by Crippen LogP contribution is 2.23. The summed E-state index contributed by atoms with van der Waals surface area (Å²) in [5.74, 6) is 4.42. The molecule has 1 saturated heterocycles. The maximum Gasteiger partial charge on any atom is 0.258 e. The molecular weight excluding hydrogens is 290 g/mol. The maximum atomic E-state index is 11.9. The van der Waals surface area contributed by atoms with Crippen LogP contribution in [0.3, 0.4) is 0 Å². The van der Waals surface area contributed by atoms with Gasteiger partial charge in [-0.15, -0.1) is 0 Å². The van der Waals surface area contributed by atoms with Gasteiger partial charge in [0.15, 0.2) is 0 Å². The Morgan fingerprint density at radius 3 is 3.10 bits per heavy atom. The van der Waals surface area contributed by atoms with Crippen molar-refractivity contribution in [2.45, 2.75) is 11.8 Å². The van der Waals surface area contributed by atoms with Crippen LogP contribution in [0.1, 0.15) is 5.82 Å². The third kappa shape index (κ3) is 3.37. The summed E-state index contributed by atoms with van der Waals surface area (Å²) in [6.45, 7) is 1.58. The van der Waals surface area contributed by atoms with Gasteiger partial charge in [0.05, 0.1) is 17.4 Å². The van der Waals surface area contributed by atoms with Crippen LogP contribution in [0.5, 0.6) is 0 Å². The Morgan fingerprint density at radius 1 is 1.35 bits per heavy atom. The quantitative estimate of drug-likeness (QED) is 0.903. The molecule has 1 aromatic heterocycles. The molecule has 0 amide bonds. The van der Waals surface area contributed by atoms with Gasteiger partial charge in [-0.3, -0.25) is 4.79 Å².